The van der Waals surface area contributed by atoms with Gasteiger partial charge in [0.1, 0.15) is 0 Å². The molecule has 0 saturated carbocycles. The summed E-state index contributed by atoms with van der Waals surface area (Å²) in [7, 11) is 0. The van der Waals surface area contributed by atoms with Crippen molar-refractivity contribution in [1.29, 1.82) is 0 Å². The van der Waals surface area contributed by atoms with Gasteiger partial charge in [-0.15, -0.1) is 0 Å². The lowest BCUT2D eigenvalue weighted by Crippen LogP contribution is -2.41. The van der Waals surface area contributed by atoms with Gasteiger partial charge in [0.25, 0.3) is 0 Å². The zero-order valence-corrected chi connectivity index (χ0v) is 7.24. The monoisotopic (exact) mass is 202 g/mol. The molecule has 7 heteroatoms. The molecule has 0 amide bonds. The van der Waals surface area contributed by atoms with Crippen LogP contribution in [0.4, 0.5) is 9.18 Å². The van der Waals surface area contributed by atoms with Crippen molar-refractivity contribution in [1.82, 2.24) is 9.55 Å². The molecule has 1 aromatic heterocycles. The molecule has 1 aromatic rings. The summed E-state index contributed by atoms with van der Waals surface area (Å²) in [6, 6.07) is 0. The number of hydrogen-bond donors (Lipinski definition) is 1. The summed E-state index contributed by atoms with van der Waals surface area (Å²) in [5.74, 6) is -1.22. The van der Waals surface area contributed by atoms with E-state index in [1.807, 2.05) is 4.98 Å². The number of aromatic amines is 1. The first-order valence-corrected chi connectivity index (χ1v) is 3.75. The van der Waals surface area contributed by atoms with Gasteiger partial charge in [0.05, 0.1) is 6.61 Å². The minimum Gasteiger partial charge on any atom is -0.449 e. The standard InChI is InChI=1S/C7H7FN2O4/c1-2-14-7(13)10-5(11)4(8)3-9-6(10)12/h3H,2H2,1H3,(H,9,12). The van der Waals surface area contributed by atoms with Crippen molar-refractivity contribution in [3.05, 3.63) is 32.9 Å². The molecule has 6 nitrogen and oxygen atoms in total. The lowest BCUT2D eigenvalue weighted by atomic mass is 10.6. The summed E-state index contributed by atoms with van der Waals surface area (Å²) < 4.78 is 17.1. The average molecular weight is 202 g/mol. The van der Waals surface area contributed by atoms with Gasteiger partial charge in [-0.05, 0) is 6.92 Å². The van der Waals surface area contributed by atoms with Crippen LogP contribution in [-0.2, 0) is 4.74 Å². The van der Waals surface area contributed by atoms with E-state index >= 15 is 0 Å². The number of nitrogens with one attached hydrogen (secondary N) is 1. The van der Waals surface area contributed by atoms with Crippen molar-refractivity contribution in [2.24, 2.45) is 0 Å². The molecule has 0 atom stereocenters. The van der Waals surface area contributed by atoms with Gasteiger partial charge in [0, 0.05) is 6.20 Å². The molecule has 1 heterocycles. The maximum atomic E-state index is 12.6. The number of H-pyrrole nitrogens is 1. The quantitative estimate of drug-likeness (QED) is 0.676. The Morgan fingerprint density at radius 1 is 1.64 bits per heavy atom. The normalized spacial score (nSPS) is 9.86. The third kappa shape index (κ3) is 1.70. The van der Waals surface area contributed by atoms with Gasteiger partial charge in [0.15, 0.2) is 0 Å². The zero-order valence-electron chi connectivity index (χ0n) is 7.24. The molecule has 0 spiro atoms. The van der Waals surface area contributed by atoms with Gasteiger partial charge in [-0.25, -0.2) is 9.59 Å². The molecule has 0 fully saturated rings. The first-order chi connectivity index (χ1) is 6.57. The second-order valence-corrected chi connectivity index (χ2v) is 2.28. The highest BCUT2D eigenvalue weighted by molar-refractivity contribution is 5.69. The number of aromatic nitrogens is 2. The van der Waals surface area contributed by atoms with E-state index in [1.54, 1.807) is 0 Å². The number of hydrogen-bond acceptors (Lipinski definition) is 4. The fourth-order valence-corrected chi connectivity index (χ4v) is 0.804. The highest BCUT2D eigenvalue weighted by Gasteiger charge is 2.14. The van der Waals surface area contributed by atoms with Crippen molar-refractivity contribution < 1.29 is 13.9 Å². The Morgan fingerprint density at radius 2 is 2.29 bits per heavy atom. The van der Waals surface area contributed by atoms with Gasteiger partial charge in [-0.1, -0.05) is 0 Å². The van der Waals surface area contributed by atoms with Gasteiger partial charge < -0.3 is 9.72 Å². The fourth-order valence-electron chi connectivity index (χ4n) is 0.804. The Balaban J connectivity index is 3.33. The van der Waals surface area contributed by atoms with E-state index in [0.29, 0.717) is 6.20 Å². The Labute approximate surface area is 76.9 Å². The number of ether oxygens (including phenoxy) is 1. The van der Waals surface area contributed by atoms with E-state index in [0.717, 1.165) is 0 Å². The van der Waals surface area contributed by atoms with Gasteiger partial charge in [-0.2, -0.15) is 8.96 Å². The van der Waals surface area contributed by atoms with Crippen molar-refractivity contribution in [3.63, 3.8) is 0 Å². The van der Waals surface area contributed by atoms with Crippen LogP contribution in [0.2, 0.25) is 0 Å². The van der Waals surface area contributed by atoms with E-state index in [2.05, 4.69) is 4.74 Å². The number of halogens is 1. The van der Waals surface area contributed by atoms with Crippen LogP contribution >= 0.6 is 0 Å². The topological polar surface area (TPSA) is 81.2 Å². The second-order valence-electron chi connectivity index (χ2n) is 2.28. The molecule has 14 heavy (non-hydrogen) atoms. The van der Waals surface area contributed by atoms with Crippen molar-refractivity contribution in [2.75, 3.05) is 6.61 Å². The van der Waals surface area contributed by atoms with Gasteiger partial charge in [-0.3, -0.25) is 4.79 Å². The van der Waals surface area contributed by atoms with Crippen LogP contribution in [0.1, 0.15) is 6.92 Å². The molecular weight excluding hydrogens is 195 g/mol. The third-order valence-electron chi connectivity index (χ3n) is 1.38. The first kappa shape index (κ1) is 10.2. The molecule has 0 saturated heterocycles. The number of nitrogens with zero attached hydrogens (tertiary/aromatic N) is 1. The predicted molar refractivity (Wildman–Crippen MR) is 43.7 cm³/mol. The molecule has 0 aliphatic rings. The highest BCUT2D eigenvalue weighted by atomic mass is 19.1. The van der Waals surface area contributed by atoms with Crippen molar-refractivity contribution in [3.8, 4) is 0 Å². The lowest BCUT2D eigenvalue weighted by Gasteiger charge is -2.01. The molecule has 0 aromatic carbocycles. The second kappa shape index (κ2) is 3.86. The first-order valence-electron chi connectivity index (χ1n) is 3.75. The van der Waals surface area contributed by atoms with Crippen LogP contribution in [0.3, 0.4) is 0 Å². The molecule has 0 radical (unpaired) electrons. The van der Waals surface area contributed by atoms with Gasteiger partial charge >= 0.3 is 17.3 Å². The predicted octanol–water partition coefficient (Wildman–Crippen LogP) is -0.320. The van der Waals surface area contributed by atoms with E-state index in [-0.39, 0.29) is 11.2 Å². The van der Waals surface area contributed by atoms with Crippen LogP contribution in [0.25, 0.3) is 0 Å². The van der Waals surface area contributed by atoms with Crippen LogP contribution in [0, 0.1) is 5.82 Å². The van der Waals surface area contributed by atoms with Crippen LogP contribution in [-0.4, -0.2) is 22.3 Å². The number of carbonyl (C=O) groups is 1. The molecule has 0 aliphatic carbocycles. The zero-order chi connectivity index (χ0) is 10.7. The van der Waals surface area contributed by atoms with Crippen LogP contribution in [0.5, 0.6) is 0 Å². The van der Waals surface area contributed by atoms with Crippen LogP contribution < -0.4 is 11.2 Å². The summed E-state index contributed by atoms with van der Waals surface area (Å²) in [5.41, 5.74) is -2.36. The van der Waals surface area contributed by atoms with E-state index in [4.69, 9.17) is 0 Å². The summed E-state index contributed by atoms with van der Waals surface area (Å²) in [6.07, 6.45) is -0.612. The summed E-state index contributed by atoms with van der Waals surface area (Å²) in [5, 5.41) is 0. The molecule has 0 unspecified atom stereocenters. The summed E-state index contributed by atoms with van der Waals surface area (Å²) >= 11 is 0. The Hall–Kier alpha value is -1.92. The van der Waals surface area contributed by atoms with Crippen molar-refractivity contribution in [2.45, 2.75) is 6.92 Å². The van der Waals surface area contributed by atoms with E-state index in [9.17, 15) is 18.8 Å². The number of carbonyl (C=O) groups excluding carboxylic acids is 1. The highest BCUT2D eigenvalue weighted by Crippen LogP contribution is 1.83. The molecule has 1 rings (SSSR count). The minimum atomic E-state index is -1.33. The summed E-state index contributed by atoms with van der Waals surface area (Å²) in [4.78, 5) is 34.8. The lowest BCUT2D eigenvalue weighted by molar-refractivity contribution is 0.151. The molecule has 1 N–H and O–H groups in total. The average Bonchev–Trinajstić information content (AvgIpc) is 2.13. The Kier molecular flexibility index (Phi) is 2.80. The maximum absolute atomic E-state index is 12.6. The third-order valence-corrected chi connectivity index (χ3v) is 1.38. The Bertz CT molecular complexity index is 461. The van der Waals surface area contributed by atoms with E-state index < -0.39 is 23.2 Å². The fraction of sp³-hybridized carbons (Fsp3) is 0.286. The van der Waals surface area contributed by atoms with E-state index in [1.165, 1.54) is 6.92 Å². The largest absolute Gasteiger partial charge is 0.449 e. The SMILES string of the molecule is CCOC(=O)n1c(=O)[nH]cc(F)c1=O. The van der Waals surface area contributed by atoms with Crippen LogP contribution in [0.15, 0.2) is 15.8 Å². The Morgan fingerprint density at radius 3 is 2.86 bits per heavy atom. The smallest absolute Gasteiger partial charge is 0.425 e. The minimum absolute atomic E-state index is 0.0127. The molecule has 0 bridgehead atoms. The molecular formula is C7H7FN2O4. The number of rotatable bonds is 1. The maximum Gasteiger partial charge on any atom is 0.425 e. The summed E-state index contributed by atoms with van der Waals surface area (Å²) in [6.45, 7) is 1.48. The van der Waals surface area contributed by atoms with Crippen molar-refractivity contribution >= 4 is 6.09 Å². The molecule has 0 aliphatic heterocycles. The molecule has 76 valence electrons. The van der Waals surface area contributed by atoms with Gasteiger partial charge in [0.2, 0.25) is 5.82 Å².